The monoisotopic (exact) mass is 352 g/mol. The highest BCUT2D eigenvalue weighted by Crippen LogP contribution is 2.54. The van der Waals surface area contributed by atoms with Gasteiger partial charge in [-0.05, 0) is 45.4 Å². The van der Waals surface area contributed by atoms with Crippen molar-refractivity contribution >= 4 is 23.7 Å². The molecule has 2 aliphatic carbocycles. The van der Waals surface area contributed by atoms with Crippen LogP contribution in [0.15, 0.2) is 0 Å². The number of hydrogen-bond acceptors (Lipinski definition) is 5. The molecule has 3 rings (SSSR count). The number of amides is 1. The first-order valence-electron chi connectivity index (χ1n) is 9.01. The largest absolute Gasteiger partial charge is 0.597 e. The third-order valence-corrected chi connectivity index (χ3v) is 6.14. The number of carbonyl (C=O) groups is 3. The van der Waals surface area contributed by atoms with Crippen molar-refractivity contribution in [2.75, 3.05) is 13.2 Å². The fourth-order valence-electron chi connectivity index (χ4n) is 4.39. The van der Waals surface area contributed by atoms with Gasteiger partial charge in [-0.25, -0.2) is 4.79 Å². The molecule has 0 spiro atoms. The van der Waals surface area contributed by atoms with E-state index in [9.17, 15) is 19.5 Å². The first-order valence-corrected chi connectivity index (χ1v) is 9.01. The minimum absolute atomic E-state index is 0.00742. The maximum Gasteiger partial charge on any atom is 0.597 e. The smallest absolute Gasteiger partial charge is 0.474 e. The van der Waals surface area contributed by atoms with E-state index in [1.165, 1.54) is 4.58 Å². The van der Waals surface area contributed by atoms with Crippen molar-refractivity contribution in [3.05, 3.63) is 0 Å². The molecule has 1 aliphatic heterocycles. The second-order valence-electron chi connectivity index (χ2n) is 7.90. The molecule has 1 amide bonds. The van der Waals surface area contributed by atoms with E-state index in [4.69, 9.17) is 9.47 Å². The first kappa shape index (κ1) is 17.9. The van der Waals surface area contributed by atoms with Gasteiger partial charge in [-0.3, -0.25) is 4.79 Å². The number of esters is 1. The normalized spacial score (nSPS) is 29.9. The maximum atomic E-state index is 12.3. The van der Waals surface area contributed by atoms with Gasteiger partial charge in [-0.2, -0.15) is 4.79 Å². The van der Waals surface area contributed by atoms with Crippen molar-refractivity contribution in [1.82, 2.24) is 0 Å². The molecule has 0 aromatic heterocycles. The molecular weight excluding hydrogens is 326 g/mol. The molecule has 1 N–H and O–H groups in total. The average molecular weight is 352 g/mol. The molecule has 4 atom stereocenters. The molecule has 4 unspecified atom stereocenters. The van der Waals surface area contributed by atoms with Crippen molar-refractivity contribution in [1.29, 1.82) is 0 Å². The molecular formula is C18H26NO6+. The van der Waals surface area contributed by atoms with Crippen LogP contribution < -0.4 is 0 Å². The van der Waals surface area contributed by atoms with Gasteiger partial charge in [0.2, 0.25) is 0 Å². The standard InChI is InChI=1S/C18H25NO6/c1-4-18(2,3)16(22)24-7-8-25-17(23)19-13-11-6-5-10(9-11)12(13)14(19)15(20)21/h10-13H,4-9H2,1-3H3/p+1. The minimum atomic E-state index is -1.04. The van der Waals surface area contributed by atoms with Crippen molar-refractivity contribution in [3.8, 4) is 0 Å². The maximum absolute atomic E-state index is 12.3. The Morgan fingerprint density at radius 1 is 1.16 bits per heavy atom. The number of carboxylic acid groups (broad SMARTS) is 1. The number of fused-ring (bicyclic) bond motifs is 5. The summed E-state index contributed by atoms with van der Waals surface area (Å²) in [6.45, 7) is 5.40. The molecule has 2 saturated carbocycles. The summed E-state index contributed by atoms with van der Waals surface area (Å²) in [5, 5.41) is 9.43. The molecule has 25 heavy (non-hydrogen) atoms. The van der Waals surface area contributed by atoms with Crippen LogP contribution in [0.3, 0.4) is 0 Å². The molecule has 1 heterocycles. The molecule has 0 aromatic rings. The van der Waals surface area contributed by atoms with Gasteiger partial charge in [0.1, 0.15) is 19.1 Å². The Hall–Kier alpha value is -1.92. The van der Waals surface area contributed by atoms with Crippen molar-refractivity contribution < 1.29 is 33.5 Å². The Balaban J connectivity index is 1.56. The number of carbonyl (C=O) groups excluding carboxylic acids is 2. The second kappa shape index (κ2) is 6.42. The van der Waals surface area contributed by atoms with Crippen molar-refractivity contribution in [2.24, 2.45) is 23.2 Å². The van der Waals surface area contributed by atoms with E-state index in [1.54, 1.807) is 13.8 Å². The van der Waals surface area contributed by atoms with Crippen LogP contribution in [0.2, 0.25) is 0 Å². The molecule has 2 fully saturated rings. The van der Waals surface area contributed by atoms with Crippen LogP contribution in [-0.2, 0) is 19.1 Å². The van der Waals surface area contributed by atoms with E-state index in [2.05, 4.69) is 0 Å². The van der Waals surface area contributed by atoms with Crippen LogP contribution >= 0.6 is 0 Å². The average Bonchev–Trinajstić information content (AvgIpc) is 3.08. The Bertz CT molecular complexity index is 637. The van der Waals surface area contributed by atoms with Gasteiger partial charge in [0.15, 0.2) is 6.04 Å². The number of rotatable bonds is 6. The lowest BCUT2D eigenvalue weighted by Gasteiger charge is -2.33. The molecule has 0 radical (unpaired) electrons. The van der Waals surface area contributed by atoms with Crippen LogP contribution in [0.4, 0.5) is 4.79 Å². The Morgan fingerprint density at radius 2 is 1.80 bits per heavy atom. The molecule has 7 nitrogen and oxygen atoms in total. The summed E-state index contributed by atoms with van der Waals surface area (Å²) in [4.78, 5) is 35.7. The van der Waals surface area contributed by atoms with Crippen molar-refractivity contribution in [2.45, 2.75) is 52.5 Å². The fraction of sp³-hybridized carbons (Fsp3) is 0.778. The lowest BCUT2D eigenvalue weighted by Crippen LogP contribution is -2.60. The predicted octanol–water partition coefficient (Wildman–Crippen LogP) is 2.07. The first-order chi connectivity index (χ1) is 11.8. The number of carboxylic acids is 1. The Morgan fingerprint density at radius 3 is 2.44 bits per heavy atom. The van der Waals surface area contributed by atoms with Crippen LogP contribution in [0.1, 0.15) is 46.5 Å². The van der Waals surface area contributed by atoms with Gasteiger partial charge in [0.25, 0.3) is 5.71 Å². The summed E-state index contributed by atoms with van der Waals surface area (Å²) in [5.41, 5.74) is -0.395. The van der Waals surface area contributed by atoms with Crippen LogP contribution in [0.25, 0.3) is 0 Å². The lowest BCUT2D eigenvalue weighted by atomic mass is 9.75. The molecule has 7 heteroatoms. The minimum Gasteiger partial charge on any atom is -0.474 e. The lowest BCUT2D eigenvalue weighted by molar-refractivity contribution is -0.536. The van der Waals surface area contributed by atoms with Gasteiger partial charge < -0.3 is 14.6 Å². The Labute approximate surface area is 147 Å². The highest BCUT2D eigenvalue weighted by Gasteiger charge is 2.68. The highest BCUT2D eigenvalue weighted by atomic mass is 16.6. The zero-order valence-corrected chi connectivity index (χ0v) is 15.0. The van der Waals surface area contributed by atoms with Gasteiger partial charge in [0.05, 0.1) is 5.41 Å². The zero-order chi connectivity index (χ0) is 18.4. The third kappa shape index (κ3) is 2.93. The summed E-state index contributed by atoms with van der Waals surface area (Å²) in [7, 11) is 0. The SMILES string of the molecule is CCC(C)(C)C(=O)OCCOC(=O)[N+]1=C(C(=O)O)C2C3CCC(C3)C21. The van der Waals surface area contributed by atoms with E-state index in [0.717, 1.165) is 19.3 Å². The van der Waals surface area contributed by atoms with E-state index in [1.807, 2.05) is 6.92 Å². The second-order valence-corrected chi connectivity index (χ2v) is 7.90. The van der Waals surface area contributed by atoms with Crippen LogP contribution in [-0.4, -0.2) is 52.7 Å². The molecule has 138 valence electrons. The summed E-state index contributed by atoms with van der Waals surface area (Å²) < 4.78 is 11.6. The predicted molar refractivity (Wildman–Crippen MR) is 87.4 cm³/mol. The van der Waals surface area contributed by atoms with E-state index in [-0.39, 0.29) is 36.9 Å². The molecule has 2 bridgehead atoms. The van der Waals surface area contributed by atoms with Gasteiger partial charge >= 0.3 is 18.0 Å². The topological polar surface area (TPSA) is 92.9 Å². The van der Waals surface area contributed by atoms with E-state index < -0.39 is 17.5 Å². The quantitative estimate of drug-likeness (QED) is 0.447. The fourth-order valence-corrected chi connectivity index (χ4v) is 4.39. The number of hydrogen-bond donors (Lipinski definition) is 1. The van der Waals surface area contributed by atoms with Crippen LogP contribution in [0.5, 0.6) is 0 Å². The van der Waals surface area contributed by atoms with E-state index >= 15 is 0 Å². The van der Waals surface area contributed by atoms with Gasteiger partial charge in [0, 0.05) is 5.92 Å². The molecule has 0 saturated heterocycles. The number of nitrogens with zero attached hydrogens (tertiary/aromatic N) is 1. The number of aliphatic carboxylic acids is 1. The summed E-state index contributed by atoms with van der Waals surface area (Å²) in [5.74, 6) is -0.606. The van der Waals surface area contributed by atoms with Crippen LogP contribution in [0, 0.1) is 23.2 Å². The summed E-state index contributed by atoms with van der Waals surface area (Å²) in [6.07, 6.45) is 3.11. The van der Waals surface area contributed by atoms with Gasteiger partial charge in [-0.1, -0.05) is 6.92 Å². The summed E-state index contributed by atoms with van der Waals surface area (Å²) in [6, 6.07) is -0.0288. The molecule has 0 aromatic carbocycles. The number of ether oxygens (including phenoxy) is 2. The van der Waals surface area contributed by atoms with Crippen molar-refractivity contribution in [3.63, 3.8) is 0 Å². The molecule has 3 aliphatic rings. The van der Waals surface area contributed by atoms with E-state index in [0.29, 0.717) is 18.3 Å². The highest BCUT2D eigenvalue weighted by molar-refractivity contribution is 6.36. The van der Waals surface area contributed by atoms with Gasteiger partial charge in [-0.15, -0.1) is 4.58 Å². The summed E-state index contributed by atoms with van der Waals surface area (Å²) >= 11 is 0. The third-order valence-electron chi connectivity index (χ3n) is 6.14. The Kier molecular flexibility index (Phi) is 4.60. The zero-order valence-electron chi connectivity index (χ0n) is 15.0.